The van der Waals surface area contributed by atoms with Gasteiger partial charge in [0.25, 0.3) is 5.91 Å². The van der Waals surface area contributed by atoms with Crippen LogP contribution >= 0.6 is 0 Å². The number of hydrogen-bond acceptors (Lipinski definition) is 3. The van der Waals surface area contributed by atoms with Crippen LogP contribution in [0, 0.1) is 0 Å². The Morgan fingerprint density at radius 1 is 1.58 bits per heavy atom. The van der Waals surface area contributed by atoms with Gasteiger partial charge < -0.3 is 14.7 Å². The van der Waals surface area contributed by atoms with E-state index < -0.39 is 0 Å². The summed E-state index contributed by atoms with van der Waals surface area (Å²) in [7, 11) is 1.59. The minimum absolute atomic E-state index is 0.0297. The summed E-state index contributed by atoms with van der Waals surface area (Å²) >= 11 is 0. The molecule has 0 aliphatic carbocycles. The molecule has 1 N–H and O–H groups in total. The summed E-state index contributed by atoms with van der Waals surface area (Å²) in [6.07, 6.45) is 2.26. The van der Waals surface area contributed by atoms with Crippen LogP contribution in [0.1, 0.15) is 36.5 Å². The molecule has 1 heterocycles. The Balaban J connectivity index is 2.13. The van der Waals surface area contributed by atoms with Gasteiger partial charge in [-0.05, 0) is 44.4 Å². The number of carbonyl (C=O) groups is 1. The lowest BCUT2D eigenvalue weighted by atomic mass is 10.1. The van der Waals surface area contributed by atoms with Gasteiger partial charge in [-0.15, -0.1) is 0 Å². The van der Waals surface area contributed by atoms with Crippen LogP contribution in [0.4, 0.5) is 0 Å². The van der Waals surface area contributed by atoms with Gasteiger partial charge in [0.2, 0.25) is 0 Å². The van der Waals surface area contributed by atoms with Gasteiger partial charge in [-0.3, -0.25) is 4.79 Å². The summed E-state index contributed by atoms with van der Waals surface area (Å²) in [6, 6.07) is 7.38. The van der Waals surface area contributed by atoms with E-state index in [0.29, 0.717) is 17.7 Å². The van der Waals surface area contributed by atoms with E-state index in [4.69, 9.17) is 4.74 Å². The Labute approximate surface area is 114 Å². The number of amides is 1. The highest BCUT2D eigenvalue weighted by Gasteiger charge is 2.30. The fraction of sp³-hybridized carbons (Fsp3) is 0.533. The Morgan fingerprint density at radius 2 is 2.37 bits per heavy atom. The number of aliphatic hydroxyl groups excluding tert-OH is 1. The van der Waals surface area contributed by atoms with Gasteiger partial charge in [-0.1, -0.05) is 6.07 Å². The monoisotopic (exact) mass is 263 g/mol. The van der Waals surface area contributed by atoms with Gasteiger partial charge in [0, 0.05) is 18.2 Å². The van der Waals surface area contributed by atoms with Crippen molar-refractivity contribution in [3.63, 3.8) is 0 Å². The standard InChI is InChI=1S/C15H21NO3/c1-11(17)9-13-6-4-8-16(13)15(18)12-5-3-7-14(10-12)19-2/h3,5,7,10-11,13,17H,4,6,8-9H2,1-2H3. The van der Waals surface area contributed by atoms with E-state index in [1.165, 1.54) is 0 Å². The summed E-state index contributed by atoms with van der Waals surface area (Å²) in [4.78, 5) is 14.4. The topological polar surface area (TPSA) is 49.8 Å². The number of likely N-dealkylation sites (tertiary alicyclic amines) is 1. The third-order valence-electron chi connectivity index (χ3n) is 3.57. The predicted molar refractivity (Wildman–Crippen MR) is 73.4 cm³/mol. The number of nitrogens with zero attached hydrogens (tertiary/aromatic N) is 1. The molecule has 1 aliphatic heterocycles. The summed E-state index contributed by atoms with van der Waals surface area (Å²) in [6.45, 7) is 2.54. The lowest BCUT2D eigenvalue weighted by molar-refractivity contribution is 0.0681. The Morgan fingerprint density at radius 3 is 3.05 bits per heavy atom. The fourth-order valence-corrected chi connectivity index (χ4v) is 2.66. The average Bonchev–Trinajstić information content (AvgIpc) is 2.85. The Kier molecular flexibility index (Phi) is 4.43. The molecule has 4 nitrogen and oxygen atoms in total. The number of rotatable bonds is 4. The number of benzene rings is 1. The third-order valence-corrected chi connectivity index (χ3v) is 3.57. The minimum Gasteiger partial charge on any atom is -0.497 e. The van der Waals surface area contributed by atoms with E-state index in [9.17, 15) is 9.90 Å². The molecule has 1 aliphatic rings. The smallest absolute Gasteiger partial charge is 0.254 e. The van der Waals surface area contributed by atoms with Crippen molar-refractivity contribution in [1.82, 2.24) is 4.90 Å². The van der Waals surface area contributed by atoms with Gasteiger partial charge in [-0.25, -0.2) is 0 Å². The predicted octanol–water partition coefficient (Wildman–Crippen LogP) is 2.07. The van der Waals surface area contributed by atoms with Crippen LogP contribution in [0.5, 0.6) is 5.75 Å². The quantitative estimate of drug-likeness (QED) is 0.904. The number of carbonyl (C=O) groups excluding carboxylic acids is 1. The number of methoxy groups -OCH3 is 1. The summed E-state index contributed by atoms with van der Waals surface area (Å²) in [5, 5.41) is 9.51. The maximum absolute atomic E-state index is 12.5. The minimum atomic E-state index is -0.372. The zero-order valence-electron chi connectivity index (χ0n) is 11.5. The molecule has 4 heteroatoms. The number of ether oxygens (including phenoxy) is 1. The highest BCUT2D eigenvalue weighted by atomic mass is 16.5. The highest BCUT2D eigenvalue weighted by molar-refractivity contribution is 5.95. The lowest BCUT2D eigenvalue weighted by Crippen LogP contribution is -2.37. The van der Waals surface area contributed by atoms with Crippen molar-refractivity contribution in [3.05, 3.63) is 29.8 Å². The first-order valence-corrected chi connectivity index (χ1v) is 6.75. The molecule has 0 radical (unpaired) electrons. The Bertz CT molecular complexity index is 445. The zero-order chi connectivity index (χ0) is 13.8. The van der Waals surface area contributed by atoms with E-state index in [1.807, 2.05) is 23.1 Å². The van der Waals surface area contributed by atoms with Crippen LogP contribution in [0.3, 0.4) is 0 Å². The second kappa shape index (κ2) is 6.06. The van der Waals surface area contributed by atoms with Crippen LogP contribution in [0.25, 0.3) is 0 Å². The van der Waals surface area contributed by atoms with E-state index in [-0.39, 0.29) is 18.1 Å². The first-order valence-electron chi connectivity index (χ1n) is 6.75. The zero-order valence-corrected chi connectivity index (χ0v) is 11.5. The molecule has 1 fully saturated rings. The second-order valence-electron chi connectivity index (χ2n) is 5.11. The summed E-state index contributed by atoms with van der Waals surface area (Å²) < 4.78 is 5.15. The molecular formula is C15H21NO3. The molecule has 0 aromatic heterocycles. The maximum atomic E-state index is 12.5. The highest BCUT2D eigenvalue weighted by Crippen LogP contribution is 2.24. The molecule has 1 amide bonds. The molecule has 2 atom stereocenters. The molecule has 1 saturated heterocycles. The lowest BCUT2D eigenvalue weighted by Gasteiger charge is -2.25. The van der Waals surface area contributed by atoms with Crippen molar-refractivity contribution in [2.45, 2.75) is 38.3 Å². The summed E-state index contributed by atoms with van der Waals surface area (Å²) in [5.74, 6) is 0.721. The summed E-state index contributed by atoms with van der Waals surface area (Å²) in [5.41, 5.74) is 0.650. The molecule has 104 valence electrons. The molecular weight excluding hydrogens is 242 g/mol. The number of aliphatic hydroxyl groups is 1. The number of hydrogen-bond donors (Lipinski definition) is 1. The van der Waals surface area contributed by atoms with Gasteiger partial charge in [-0.2, -0.15) is 0 Å². The maximum Gasteiger partial charge on any atom is 0.254 e. The van der Waals surface area contributed by atoms with Crippen molar-refractivity contribution in [1.29, 1.82) is 0 Å². The van der Waals surface area contributed by atoms with Crippen molar-refractivity contribution in [2.75, 3.05) is 13.7 Å². The van der Waals surface area contributed by atoms with E-state index in [2.05, 4.69) is 0 Å². The van der Waals surface area contributed by atoms with E-state index in [1.54, 1.807) is 20.1 Å². The molecule has 19 heavy (non-hydrogen) atoms. The first-order chi connectivity index (χ1) is 9.11. The fourth-order valence-electron chi connectivity index (χ4n) is 2.66. The molecule has 0 saturated carbocycles. The van der Waals surface area contributed by atoms with Crippen LogP contribution < -0.4 is 4.74 Å². The van der Waals surface area contributed by atoms with E-state index in [0.717, 1.165) is 19.4 Å². The second-order valence-corrected chi connectivity index (χ2v) is 5.11. The molecule has 1 aromatic carbocycles. The first kappa shape index (κ1) is 13.9. The van der Waals surface area contributed by atoms with Gasteiger partial charge >= 0.3 is 0 Å². The molecule has 2 unspecified atom stereocenters. The van der Waals surface area contributed by atoms with Crippen molar-refractivity contribution in [2.24, 2.45) is 0 Å². The third kappa shape index (κ3) is 3.26. The molecule has 0 bridgehead atoms. The Hall–Kier alpha value is -1.55. The normalized spacial score (nSPS) is 20.4. The average molecular weight is 263 g/mol. The molecule has 1 aromatic rings. The van der Waals surface area contributed by atoms with Crippen LogP contribution in [0.15, 0.2) is 24.3 Å². The van der Waals surface area contributed by atoms with Gasteiger partial charge in [0.15, 0.2) is 0 Å². The van der Waals surface area contributed by atoms with Crippen molar-refractivity contribution >= 4 is 5.91 Å². The van der Waals surface area contributed by atoms with Gasteiger partial charge in [0.1, 0.15) is 5.75 Å². The SMILES string of the molecule is COc1cccc(C(=O)N2CCCC2CC(C)O)c1. The van der Waals surface area contributed by atoms with Crippen LogP contribution in [-0.2, 0) is 0 Å². The van der Waals surface area contributed by atoms with Crippen molar-refractivity contribution < 1.29 is 14.6 Å². The van der Waals surface area contributed by atoms with Crippen molar-refractivity contribution in [3.8, 4) is 5.75 Å². The largest absolute Gasteiger partial charge is 0.497 e. The van der Waals surface area contributed by atoms with Crippen LogP contribution in [0.2, 0.25) is 0 Å². The van der Waals surface area contributed by atoms with Gasteiger partial charge in [0.05, 0.1) is 13.2 Å². The molecule has 0 spiro atoms. The van der Waals surface area contributed by atoms with E-state index >= 15 is 0 Å². The molecule has 2 rings (SSSR count). The van der Waals surface area contributed by atoms with Crippen LogP contribution in [-0.4, -0.2) is 41.7 Å².